The Bertz CT molecular complexity index is 375. The van der Waals surface area contributed by atoms with Crippen molar-refractivity contribution >= 4 is 5.69 Å². The number of aromatic nitrogens is 1. The third kappa shape index (κ3) is 2.65. The third-order valence-electron chi connectivity index (χ3n) is 3.96. The lowest BCUT2D eigenvalue weighted by atomic mass is 10.1. The Balaban J connectivity index is 2.12. The van der Waals surface area contributed by atoms with Crippen LogP contribution in [0.5, 0.6) is 0 Å². The lowest BCUT2D eigenvalue weighted by Gasteiger charge is -2.43. The van der Waals surface area contributed by atoms with Gasteiger partial charge >= 0.3 is 0 Å². The lowest BCUT2D eigenvalue weighted by Crippen LogP contribution is -2.55. The molecule has 18 heavy (non-hydrogen) atoms. The van der Waals surface area contributed by atoms with E-state index < -0.39 is 0 Å². The van der Waals surface area contributed by atoms with Crippen LogP contribution in [0, 0.1) is 0 Å². The molecule has 1 aliphatic rings. The van der Waals surface area contributed by atoms with Crippen LogP contribution >= 0.6 is 0 Å². The number of likely N-dealkylation sites (N-methyl/N-ethyl adjacent to an activating group) is 1. The molecule has 0 aliphatic carbocycles. The summed E-state index contributed by atoms with van der Waals surface area (Å²) in [7, 11) is 2.20. The molecule has 1 aromatic heterocycles. The molecule has 0 spiro atoms. The van der Waals surface area contributed by atoms with Gasteiger partial charge in [0.25, 0.3) is 0 Å². The first-order valence-corrected chi connectivity index (χ1v) is 6.67. The maximum Gasteiger partial charge on any atom is 0.0569 e. The molecule has 100 valence electrons. The summed E-state index contributed by atoms with van der Waals surface area (Å²) in [6.07, 6.45) is 1.95. The second-order valence-electron chi connectivity index (χ2n) is 5.50. The van der Waals surface area contributed by atoms with Gasteiger partial charge in [-0.1, -0.05) is 0 Å². The normalized spacial score (nSPS) is 27.3. The van der Waals surface area contributed by atoms with Crippen LogP contribution in [0.1, 0.15) is 32.5 Å². The Morgan fingerprint density at radius 2 is 1.89 bits per heavy atom. The van der Waals surface area contributed by atoms with E-state index in [9.17, 15) is 0 Å². The molecule has 4 heteroatoms. The van der Waals surface area contributed by atoms with Gasteiger partial charge in [-0.2, -0.15) is 0 Å². The zero-order chi connectivity index (χ0) is 13.3. The topological polar surface area (TPSA) is 45.4 Å². The Kier molecular flexibility index (Phi) is 3.88. The van der Waals surface area contributed by atoms with Gasteiger partial charge in [-0.15, -0.1) is 0 Å². The van der Waals surface area contributed by atoms with E-state index in [1.807, 2.05) is 19.2 Å². The monoisotopic (exact) mass is 248 g/mol. The fraction of sp³-hybridized carbons (Fsp3) is 0.643. The fourth-order valence-electron chi connectivity index (χ4n) is 2.47. The van der Waals surface area contributed by atoms with Crippen molar-refractivity contribution in [3.05, 3.63) is 24.0 Å². The van der Waals surface area contributed by atoms with E-state index in [1.165, 1.54) is 5.69 Å². The smallest absolute Gasteiger partial charge is 0.0569 e. The molecule has 0 amide bonds. The maximum absolute atomic E-state index is 5.82. The van der Waals surface area contributed by atoms with Crippen molar-refractivity contribution in [3.8, 4) is 0 Å². The van der Waals surface area contributed by atoms with Crippen molar-refractivity contribution in [2.75, 3.05) is 25.0 Å². The molecule has 2 heterocycles. The predicted molar refractivity (Wildman–Crippen MR) is 75.7 cm³/mol. The zero-order valence-electron chi connectivity index (χ0n) is 11.8. The summed E-state index contributed by atoms with van der Waals surface area (Å²) in [5.41, 5.74) is 7.97. The van der Waals surface area contributed by atoms with E-state index in [0.29, 0.717) is 12.1 Å². The van der Waals surface area contributed by atoms with Gasteiger partial charge in [-0.25, -0.2) is 0 Å². The van der Waals surface area contributed by atoms with Crippen molar-refractivity contribution < 1.29 is 0 Å². The fourth-order valence-corrected chi connectivity index (χ4v) is 2.47. The molecule has 1 aromatic rings. The van der Waals surface area contributed by atoms with Crippen LogP contribution in [0.2, 0.25) is 0 Å². The van der Waals surface area contributed by atoms with E-state index >= 15 is 0 Å². The molecule has 1 aliphatic heterocycles. The average Bonchev–Trinajstić information content (AvgIpc) is 2.35. The summed E-state index contributed by atoms with van der Waals surface area (Å²) >= 11 is 0. The maximum atomic E-state index is 5.82. The van der Waals surface area contributed by atoms with Crippen LogP contribution in [0.15, 0.2) is 18.3 Å². The highest BCUT2D eigenvalue weighted by Gasteiger charge is 2.26. The first-order chi connectivity index (χ1) is 8.49. The number of rotatable bonds is 2. The summed E-state index contributed by atoms with van der Waals surface area (Å²) in [5, 5.41) is 0. The Morgan fingerprint density at radius 1 is 1.28 bits per heavy atom. The minimum atomic E-state index is 0.00406. The number of hydrogen-bond donors (Lipinski definition) is 1. The van der Waals surface area contributed by atoms with E-state index in [4.69, 9.17) is 5.73 Å². The van der Waals surface area contributed by atoms with Crippen molar-refractivity contribution in [2.45, 2.75) is 38.9 Å². The molecule has 1 fully saturated rings. The standard InChI is InChI=1S/C14H24N4/c1-10-8-18(9-11(2)17(10)4)13-5-6-14(12(3)15)16-7-13/h5-7,10-12H,8-9,15H2,1-4H3/t10?,11?,12-/m1/s1. The van der Waals surface area contributed by atoms with Crippen LogP contribution in [-0.2, 0) is 0 Å². The summed E-state index contributed by atoms with van der Waals surface area (Å²) in [6.45, 7) is 8.61. The average molecular weight is 248 g/mol. The summed E-state index contributed by atoms with van der Waals surface area (Å²) < 4.78 is 0. The van der Waals surface area contributed by atoms with Crippen LogP contribution < -0.4 is 10.6 Å². The predicted octanol–water partition coefficient (Wildman–Crippen LogP) is 1.63. The van der Waals surface area contributed by atoms with E-state index in [0.717, 1.165) is 18.8 Å². The van der Waals surface area contributed by atoms with Gasteiger partial charge in [-0.05, 0) is 40.0 Å². The highest BCUT2D eigenvalue weighted by molar-refractivity contribution is 5.45. The lowest BCUT2D eigenvalue weighted by molar-refractivity contribution is 0.170. The largest absolute Gasteiger partial charge is 0.367 e. The number of piperazine rings is 1. The summed E-state index contributed by atoms with van der Waals surface area (Å²) in [4.78, 5) is 9.28. The highest BCUT2D eigenvalue weighted by atomic mass is 15.3. The Morgan fingerprint density at radius 3 is 2.33 bits per heavy atom. The molecule has 2 N–H and O–H groups in total. The van der Waals surface area contributed by atoms with Crippen LogP contribution in [-0.4, -0.2) is 42.1 Å². The van der Waals surface area contributed by atoms with Gasteiger partial charge in [0.1, 0.15) is 0 Å². The first kappa shape index (κ1) is 13.3. The van der Waals surface area contributed by atoms with Crippen molar-refractivity contribution in [2.24, 2.45) is 5.73 Å². The Labute approximate surface area is 110 Å². The molecular formula is C14H24N4. The third-order valence-corrected chi connectivity index (χ3v) is 3.96. The van der Waals surface area contributed by atoms with E-state index in [1.54, 1.807) is 0 Å². The second kappa shape index (κ2) is 5.24. The molecule has 0 aromatic carbocycles. The van der Waals surface area contributed by atoms with Crippen LogP contribution in [0.4, 0.5) is 5.69 Å². The summed E-state index contributed by atoms with van der Waals surface area (Å²) in [6, 6.07) is 5.32. The van der Waals surface area contributed by atoms with Crippen LogP contribution in [0.3, 0.4) is 0 Å². The van der Waals surface area contributed by atoms with E-state index in [-0.39, 0.29) is 6.04 Å². The molecule has 0 saturated carbocycles. The Hall–Kier alpha value is -1.13. The summed E-state index contributed by atoms with van der Waals surface area (Å²) in [5.74, 6) is 0. The minimum absolute atomic E-state index is 0.00406. The molecule has 4 nitrogen and oxygen atoms in total. The van der Waals surface area contributed by atoms with Gasteiger partial charge < -0.3 is 10.6 Å². The number of anilines is 1. The minimum Gasteiger partial charge on any atom is -0.367 e. The van der Waals surface area contributed by atoms with E-state index in [2.05, 4.69) is 41.7 Å². The quantitative estimate of drug-likeness (QED) is 0.864. The van der Waals surface area contributed by atoms with Crippen molar-refractivity contribution in [1.82, 2.24) is 9.88 Å². The molecular weight excluding hydrogens is 224 g/mol. The number of hydrogen-bond acceptors (Lipinski definition) is 4. The van der Waals surface area contributed by atoms with Gasteiger partial charge in [0.05, 0.1) is 17.6 Å². The molecule has 3 atom stereocenters. The van der Waals surface area contributed by atoms with Crippen molar-refractivity contribution in [3.63, 3.8) is 0 Å². The zero-order valence-corrected chi connectivity index (χ0v) is 11.8. The van der Waals surface area contributed by atoms with Gasteiger partial charge in [0, 0.05) is 31.2 Å². The SMILES string of the molecule is CC1CN(c2ccc([C@@H](C)N)nc2)CC(C)N1C. The van der Waals surface area contributed by atoms with Gasteiger partial charge in [0.2, 0.25) is 0 Å². The number of nitrogens with two attached hydrogens (primary N) is 1. The van der Waals surface area contributed by atoms with Gasteiger partial charge in [-0.3, -0.25) is 9.88 Å². The molecule has 2 unspecified atom stereocenters. The van der Waals surface area contributed by atoms with Gasteiger partial charge in [0.15, 0.2) is 0 Å². The first-order valence-electron chi connectivity index (χ1n) is 6.67. The number of nitrogens with zero attached hydrogens (tertiary/aromatic N) is 3. The van der Waals surface area contributed by atoms with Crippen LogP contribution in [0.25, 0.3) is 0 Å². The molecule has 0 bridgehead atoms. The second-order valence-corrected chi connectivity index (χ2v) is 5.50. The molecule has 1 saturated heterocycles. The molecule has 2 rings (SSSR count). The van der Waals surface area contributed by atoms with Crippen molar-refractivity contribution in [1.29, 1.82) is 0 Å². The highest BCUT2D eigenvalue weighted by Crippen LogP contribution is 2.21. The number of pyridine rings is 1. The molecule has 0 radical (unpaired) electrons.